The summed E-state index contributed by atoms with van der Waals surface area (Å²) in [5.74, 6) is 0.157. The highest BCUT2D eigenvalue weighted by atomic mass is 16.5. The molecule has 2 aromatic carbocycles. The Morgan fingerprint density at radius 1 is 1.18 bits per heavy atom. The van der Waals surface area contributed by atoms with E-state index in [4.69, 9.17) is 14.2 Å². The zero-order valence-corrected chi connectivity index (χ0v) is 15.8. The Morgan fingerprint density at radius 3 is 2.64 bits per heavy atom. The number of methoxy groups -OCH3 is 2. The van der Waals surface area contributed by atoms with Crippen LogP contribution in [-0.2, 0) is 16.0 Å². The molecular formula is C21H23NO6. The molecular weight excluding hydrogens is 362 g/mol. The number of hydrogen-bond acceptors (Lipinski definition) is 5. The number of para-hydroxylation sites is 1. The molecule has 0 bridgehead atoms. The Bertz CT molecular complexity index is 866. The number of carbonyl (C=O) groups is 2. The summed E-state index contributed by atoms with van der Waals surface area (Å²) in [5.41, 5.74) is 1.60. The first-order valence-corrected chi connectivity index (χ1v) is 8.96. The number of hydrogen-bond donors (Lipinski definition) is 2. The van der Waals surface area contributed by atoms with Crippen molar-refractivity contribution in [2.75, 3.05) is 20.8 Å². The van der Waals surface area contributed by atoms with Crippen molar-refractivity contribution in [3.63, 3.8) is 0 Å². The van der Waals surface area contributed by atoms with E-state index in [1.807, 2.05) is 24.3 Å². The molecule has 0 fully saturated rings. The van der Waals surface area contributed by atoms with Gasteiger partial charge in [-0.1, -0.05) is 24.3 Å². The largest absolute Gasteiger partial charge is 0.493 e. The number of rotatable bonds is 7. The zero-order chi connectivity index (χ0) is 20.1. The SMILES string of the molecule is COc1ccc(C(CC(=O)O)NC(=O)C2COc3ccccc3C2)cc1OC. The van der Waals surface area contributed by atoms with Gasteiger partial charge in [0.2, 0.25) is 5.91 Å². The first kappa shape index (κ1) is 19.5. The van der Waals surface area contributed by atoms with Gasteiger partial charge in [0.05, 0.1) is 32.6 Å². The molecule has 1 heterocycles. The third-order valence-electron chi connectivity index (χ3n) is 4.75. The molecule has 2 aromatic rings. The third-order valence-corrected chi connectivity index (χ3v) is 4.75. The molecule has 1 aliphatic heterocycles. The van der Waals surface area contributed by atoms with Crippen molar-refractivity contribution < 1.29 is 28.9 Å². The Kier molecular flexibility index (Phi) is 6.03. The highest BCUT2D eigenvalue weighted by Gasteiger charge is 2.28. The Morgan fingerprint density at radius 2 is 1.93 bits per heavy atom. The maximum absolute atomic E-state index is 12.8. The second kappa shape index (κ2) is 8.65. The molecule has 28 heavy (non-hydrogen) atoms. The molecule has 0 aromatic heterocycles. The Balaban J connectivity index is 1.78. The molecule has 7 nitrogen and oxygen atoms in total. The number of nitrogens with one attached hydrogen (secondary N) is 1. The highest BCUT2D eigenvalue weighted by Crippen LogP contribution is 2.32. The van der Waals surface area contributed by atoms with Gasteiger partial charge < -0.3 is 24.6 Å². The van der Waals surface area contributed by atoms with Crippen LogP contribution in [0.1, 0.15) is 23.6 Å². The molecule has 0 radical (unpaired) electrons. The van der Waals surface area contributed by atoms with Gasteiger partial charge in [0, 0.05) is 0 Å². The lowest BCUT2D eigenvalue weighted by atomic mass is 9.95. The maximum atomic E-state index is 12.8. The van der Waals surface area contributed by atoms with Gasteiger partial charge >= 0.3 is 5.97 Å². The second-order valence-electron chi connectivity index (χ2n) is 6.59. The van der Waals surface area contributed by atoms with Crippen molar-refractivity contribution in [3.05, 3.63) is 53.6 Å². The van der Waals surface area contributed by atoms with Gasteiger partial charge in [0.1, 0.15) is 12.4 Å². The molecule has 2 unspecified atom stereocenters. The lowest BCUT2D eigenvalue weighted by Gasteiger charge is -2.27. The van der Waals surface area contributed by atoms with Gasteiger partial charge in [0.25, 0.3) is 0 Å². The Labute approximate surface area is 163 Å². The van der Waals surface area contributed by atoms with Crippen LogP contribution in [0.2, 0.25) is 0 Å². The number of amides is 1. The smallest absolute Gasteiger partial charge is 0.305 e. The first-order valence-electron chi connectivity index (χ1n) is 8.96. The monoisotopic (exact) mass is 385 g/mol. The summed E-state index contributed by atoms with van der Waals surface area (Å²) in [7, 11) is 3.03. The lowest BCUT2D eigenvalue weighted by Crippen LogP contribution is -2.39. The van der Waals surface area contributed by atoms with Gasteiger partial charge in [-0.25, -0.2) is 0 Å². The van der Waals surface area contributed by atoms with Crippen LogP contribution in [0.25, 0.3) is 0 Å². The van der Waals surface area contributed by atoms with Gasteiger partial charge in [0.15, 0.2) is 11.5 Å². The topological polar surface area (TPSA) is 94.1 Å². The van der Waals surface area contributed by atoms with E-state index in [0.29, 0.717) is 23.5 Å². The van der Waals surface area contributed by atoms with Crippen molar-refractivity contribution in [1.82, 2.24) is 5.32 Å². The second-order valence-corrected chi connectivity index (χ2v) is 6.59. The number of carboxylic acids is 1. The van der Waals surface area contributed by atoms with E-state index in [0.717, 1.165) is 11.3 Å². The third kappa shape index (κ3) is 4.36. The standard InChI is InChI=1S/C21H23NO6/c1-26-18-8-7-13(10-19(18)27-2)16(11-20(23)24)22-21(25)15-9-14-5-3-4-6-17(14)28-12-15/h3-8,10,15-16H,9,11-12H2,1-2H3,(H,22,25)(H,23,24). The summed E-state index contributed by atoms with van der Waals surface area (Å²) in [6.45, 7) is 0.259. The van der Waals surface area contributed by atoms with Gasteiger partial charge in [-0.15, -0.1) is 0 Å². The molecule has 2 atom stereocenters. The summed E-state index contributed by atoms with van der Waals surface area (Å²) in [4.78, 5) is 24.2. The minimum Gasteiger partial charge on any atom is -0.493 e. The molecule has 7 heteroatoms. The highest BCUT2D eigenvalue weighted by molar-refractivity contribution is 5.81. The maximum Gasteiger partial charge on any atom is 0.305 e. The van der Waals surface area contributed by atoms with Crippen LogP contribution in [0, 0.1) is 5.92 Å². The van der Waals surface area contributed by atoms with E-state index in [1.165, 1.54) is 14.2 Å². The Hall–Kier alpha value is -3.22. The fourth-order valence-electron chi connectivity index (χ4n) is 3.28. The van der Waals surface area contributed by atoms with Crippen LogP contribution in [0.5, 0.6) is 17.2 Å². The van der Waals surface area contributed by atoms with E-state index in [9.17, 15) is 14.7 Å². The minimum absolute atomic E-state index is 0.240. The van der Waals surface area contributed by atoms with Crippen molar-refractivity contribution in [2.45, 2.75) is 18.9 Å². The van der Waals surface area contributed by atoms with E-state index in [2.05, 4.69) is 5.32 Å². The summed E-state index contributed by atoms with van der Waals surface area (Å²) < 4.78 is 16.2. The molecule has 1 amide bonds. The first-order chi connectivity index (χ1) is 13.5. The van der Waals surface area contributed by atoms with Crippen molar-refractivity contribution in [3.8, 4) is 17.2 Å². The number of benzene rings is 2. The minimum atomic E-state index is -1.01. The zero-order valence-electron chi connectivity index (χ0n) is 15.8. The van der Waals surface area contributed by atoms with E-state index < -0.39 is 12.0 Å². The molecule has 0 aliphatic carbocycles. The van der Waals surface area contributed by atoms with Crippen molar-refractivity contribution in [1.29, 1.82) is 0 Å². The average molecular weight is 385 g/mol. The van der Waals surface area contributed by atoms with E-state index >= 15 is 0 Å². The normalized spacial score (nSPS) is 16.3. The summed E-state index contributed by atoms with van der Waals surface area (Å²) in [5, 5.41) is 12.2. The molecule has 3 rings (SSSR count). The summed E-state index contributed by atoms with van der Waals surface area (Å²) in [6, 6.07) is 12.0. The molecule has 148 valence electrons. The molecule has 1 aliphatic rings. The average Bonchev–Trinajstić information content (AvgIpc) is 2.71. The van der Waals surface area contributed by atoms with Crippen molar-refractivity contribution >= 4 is 11.9 Å². The number of carboxylic acid groups (broad SMARTS) is 1. The fourth-order valence-corrected chi connectivity index (χ4v) is 3.28. The number of aliphatic carboxylic acids is 1. The number of fused-ring (bicyclic) bond motifs is 1. The molecule has 2 N–H and O–H groups in total. The van der Waals surface area contributed by atoms with Gasteiger partial charge in [-0.2, -0.15) is 0 Å². The number of carbonyl (C=O) groups excluding carboxylic acids is 1. The number of ether oxygens (including phenoxy) is 3. The van der Waals surface area contributed by atoms with E-state index in [1.54, 1.807) is 18.2 Å². The molecule has 0 saturated heterocycles. The van der Waals surface area contributed by atoms with Gasteiger partial charge in [-0.05, 0) is 35.7 Å². The molecule has 0 spiro atoms. The fraction of sp³-hybridized carbons (Fsp3) is 0.333. The van der Waals surface area contributed by atoms with Crippen LogP contribution in [0.4, 0.5) is 0 Å². The predicted octanol–water partition coefficient (Wildman–Crippen LogP) is 2.59. The van der Waals surface area contributed by atoms with E-state index in [-0.39, 0.29) is 24.9 Å². The van der Waals surface area contributed by atoms with Crippen LogP contribution in [0.3, 0.4) is 0 Å². The summed E-state index contributed by atoms with van der Waals surface area (Å²) in [6.07, 6.45) is 0.305. The van der Waals surface area contributed by atoms with Crippen molar-refractivity contribution in [2.24, 2.45) is 5.92 Å². The molecule has 0 saturated carbocycles. The van der Waals surface area contributed by atoms with Crippen LogP contribution >= 0.6 is 0 Å². The van der Waals surface area contributed by atoms with Gasteiger partial charge in [-0.3, -0.25) is 9.59 Å². The van der Waals surface area contributed by atoms with Crippen LogP contribution < -0.4 is 19.5 Å². The van der Waals surface area contributed by atoms with Crippen LogP contribution in [-0.4, -0.2) is 37.8 Å². The summed E-state index contributed by atoms with van der Waals surface area (Å²) >= 11 is 0. The lowest BCUT2D eigenvalue weighted by molar-refractivity contribution is -0.138. The quantitative estimate of drug-likeness (QED) is 0.761. The van der Waals surface area contributed by atoms with Crippen LogP contribution in [0.15, 0.2) is 42.5 Å². The predicted molar refractivity (Wildman–Crippen MR) is 102 cm³/mol.